The predicted octanol–water partition coefficient (Wildman–Crippen LogP) is 3.61. The Kier molecular flexibility index (Phi) is 3.48. The van der Waals surface area contributed by atoms with Gasteiger partial charge in [0.1, 0.15) is 11.9 Å². The minimum atomic E-state index is -0.494. The molecule has 0 aliphatic carbocycles. The van der Waals surface area contributed by atoms with E-state index in [9.17, 15) is 4.39 Å². The van der Waals surface area contributed by atoms with Crippen LogP contribution in [0.4, 0.5) is 4.39 Å². The van der Waals surface area contributed by atoms with Crippen LogP contribution < -0.4 is 0 Å². The second-order valence-corrected chi connectivity index (χ2v) is 4.72. The van der Waals surface area contributed by atoms with Crippen molar-refractivity contribution in [1.82, 2.24) is 9.78 Å². The molecule has 102 valence electrons. The summed E-state index contributed by atoms with van der Waals surface area (Å²) in [5.74, 6) is -0.494. The minimum Gasteiger partial charge on any atom is -0.268 e. The maximum atomic E-state index is 13.3. The van der Waals surface area contributed by atoms with Crippen molar-refractivity contribution in [2.24, 2.45) is 0 Å². The van der Waals surface area contributed by atoms with Gasteiger partial charge in [0.15, 0.2) is 0 Å². The maximum absolute atomic E-state index is 13.3. The normalized spacial score (nSPS) is 10.3. The molecule has 0 amide bonds. The third-order valence-electron chi connectivity index (χ3n) is 3.24. The Labute approximate surface area is 121 Å². The molecule has 21 heavy (non-hydrogen) atoms. The van der Waals surface area contributed by atoms with Gasteiger partial charge in [-0.3, -0.25) is 4.68 Å². The van der Waals surface area contributed by atoms with Crippen molar-refractivity contribution in [2.45, 2.75) is 6.54 Å². The van der Waals surface area contributed by atoms with Crippen molar-refractivity contribution in [3.63, 3.8) is 0 Å². The highest BCUT2D eigenvalue weighted by Gasteiger charge is 2.05. The van der Waals surface area contributed by atoms with E-state index in [4.69, 9.17) is 5.26 Å². The lowest BCUT2D eigenvalue weighted by molar-refractivity contribution is 0.620. The van der Waals surface area contributed by atoms with Gasteiger partial charge in [0.25, 0.3) is 0 Å². The van der Waals surface area contributed by atoms with Crippen molar-refractivity contribution in [3.8, 4) is 17.2 Å². The van der Waals surface area contributed by atoms with Crippen LogP contribution in [0.15, 0.2) is 60.9 Å². The van der Waals surface area contributed by atoms with Crippen LogP contribution in [-0.4, -0.2) is 9.78 Å². The fourth-order valence-corrected chi connectivity index (χ4v) is 2.17. The van der Waals surface area contributed by atoms with E-state index in [-0.39, 0.29) is 5.56 Å². The summed E-state index contributed by atoms with van der Waals surface area (Å²) in [6.45, 7) is 0.502. The largest absolute Gasteiger partial charge is 0.268 e. The van der Waals surface area contributed by atoms with Crippen molar-refractivity contribution < 1.29 is 4.39 Å². The summed E-state index contributed by atoms with van der Waals surface area (Å²) in [6.07, 6.45) is 3.73. The average Bonchev–Trinajstić information content (AvgIpc) is 2.98. The van der Waals surface area contributed by atoms with Gasteiger partial charge in [0, 0.05) is 11.8 Å². The van der Waals surface area contributed by atoms with Gasteiger partial charge in [-0.15, -0.1) is 0 Å². The third-order valence-corrected chi connectivity index (χ3v) is 3.24. The van der Waals surface area contributed by atoms with Crippen molar-refractivity contribution in [2.75, 3.05) is 0 Å². The molecule has 0 fully saturated rings. The van der Waals surface area contributed by atoms with Gasteiger partial charge in [-0.1, -0.05) is 36.4 Å². The Morgan fingerprint density at radius 1 is 1.10 bits per heavy atom. The predicted molar refractivity (Wildman–Crippen MR) is 77.9 cm³/mol. The van der Waals surface area contributed by atoms with Crippen LogP contribution in [0.1, 0.15) is 11.1 Å². The molecular weight excluding hydrogens is 265 g/mol. The number of nitrogens with zero attached hydrogens (tertiary/aromatic N) is 3. The highest BCUT2D eigenvalue weighted by atomic mass is 19.1. The van der Waals surface area contributed by atoms with Crippen molar-refractivity contribution >= 4 is 0 Å². The van der Waals surface area contributed by atoms with E-state index in [1.54, 1.807) is 23.0 Å². The van der Waals surface area contributed by atoms with Crippen LogP contribution in [0.25, 0.3) is 11.1 Å². The highest BCUT2D eigenvalue weighted by Crippen LogP contribution is 2.18. The van der Waals surface area contributed by atoms with Crippen LogP contribution in [0.2, 0.25) is 0 Å². The summed E-state index contributed by atoms with van der Waals surface area (Å²) < 4.78 is 15.1. The molecule has 0 N–H and O–H groups in total. The van der Waals surface area contributed by atoms with Gasteiger partial charge in [-0.05, 0) is 23.3 Å². The van der Waals surface area contributed by atoms with Gasteiger partial charge in [-0.25, -0.2) is 4.39 Å². The van der Waals surface area contributed by atoms with Crippen LogP contribution in [-0.2, 0) is 6.54 Å². The fraction of sp³-hybridized carbons (Fsp3) is 0.0588. The molecule has 0 unspecified atom stereocenters. The molecule has 0 atom stereocenters. The Morgan fingerprint density at radius 3 is 2.67 bits per heavy atom. The average molecular weight is 277 g/mol. The lowest BCUT2D eigenvalue weighted by Crippen LogP contribution is -2.00. The first-order valence-electron chi connectivity index (χ1n) is 6.52. The molecule has 3 rings (SSSR count). The second kappa shape index (κ2) is 5.59. The van der Waals surface area contributed by atoms with E-state index in [1.807, 2.05) is 42.6 Å². The van der Waals surface area contributed by atoms with E-state index in [0.717, 1.165) is 16.7 Å². The zero-order valence-electron chi connectivity index (χ0n) is 11.2. The molecule has 3 aromatic rings. The van der Waals surface area contributed by atoms with Gasteiger partial charge >= 0.3 is 0 Å². The van der Waals surface area contributed by atoms with Gasteiger partial charge in [0.2, 0.25) is 0 Å². The van der Waals surface area contributed by atoms with E-state index in [1.165, 1.54) is 6.07 Å². The number of aromatic nitrogens is 2. The molecule has 2 aromatic carbocycles. The maximum Gasteiger partial charge on any atom is 0.140 e. The van der Waals surface area contributed by atoms with Crippen LogP contribution in [0, 0.1) is 17.1 Å². The smallest absolute Gasteiger partial charge is 0.140 e. The monoisotopic (exact) mass is 277 g/mol. The molecule has 0 radical (unpaired) electrons. The summed E-state index contributed by atoms with van der Waals surface area (Å²) in [4.78, 5) is 0. The van der Waals surface area contributed by atoms with Crippen molar-refractivity contribution in [3.05, 3.63) is 77.9 Å². The van der Waals surface area contributed by atoms with Gasteiger partial charge in [-0.2, -0.15) is 10.4 Å². The number of nitriles is 1. The summed E-state index contributed by atoms with van der Waals surface area (Å²) in [6, 6.07) is 16.4. The topological polar surface area (TPSA) is 41.6 Å². The molecule has 1 aromatic heterocycles. The molecule has 0 spiro atoms. The molecule has 0 saturated carbocycles. The quantitative estimate of drug-likeness (QED) is 0.734. The molecule has 4 heteroatoms. The molecule has 0 bridgehead atoms. The Balaban J connectivity index is 1.84. The standard InChI is InChI=1S/C17H12FN3/c18-17-7-6-13(8-15(17)9-19)11-21-12-16(10-20-21)14-4-2-1-3-5-14/h1-8,10,12H,11H2. The zero-order chi connectivity index (χ0) is 14.7. The van der Waals surface area contributed by atoms with E-state index < -0.39 is 5.82 Å². The van der Waals surface area contributed by atoms with Crippen molar-refractivity contribution in [1.29, 1.82) is 5.26 Å². The SMILES string of the molecule is N#Cc1cc(Cn2cc(-c3ccccc3)cn2)ccc1F. The molecule has 1 heterocycles. The summed E-state index contributed by atoms with van der Waals surface area (Å²) >= 11 is 0. The Hall–Kier alpha value is -2.93. The summed E-state index contributed by atoms with van der Waals surface area (Å²) in [5.41, 5.74) is 3.03. The fourth-order valence-electron chi connectivity index (χ4n) is 2.17. The summed E-state index contributed by atoms with van der Waals surface area (Å²) in [5, 5.41) is 13.2. The highest BCUT2D eigenvalue weighted by molar-refractivity contribution is 5.61. The van der Waals surface area contributed by atoms with Crippen LogP contribution in [0.3, 0.4) is 0 Å². The first-order chi connectivity index (χ1) is 10.3. The van der Waals surface area contributed by atoms with E-state index >= 15 is 0 Å². The number of halogens is 1. The first kappa shape index (κ1) is 13.1. The second-order valence-electron chi connectivity index (χ2n) is 4.72. The Bertz CT molecular complexity index is 800. The number of benzene rings is 2. The van der Waals surface area contributed by atoms with E-state index in [0.29, 0.717) is 6.54 Å². The van der Waals surface area contributed by atoms with E-state index in [2.05, 4.69) is 5.10 Å². The first-order valence-corrected chi connectivity index (χ1v) is 6.52. The third kappa shape index (κ3) is 2.82. The molecule has 3 nitrogen and oxygen atoms in total. The molecule has 0 aliphatic rings. The number of hydrogen-bond acceptors (Lipinski definition) is 2. The minimum absolute atomic E-state index is 0.0583. The van der Waals surface area contributed by atoms with Crippen LogP contribution >= 0.6 is 0 Å². The van der Waals surface area contributed by atoms with Gasteiger partial charge in [0.05, 0.1) is 18.3 Å². The lowest BCUT2D eigenvalue weighted by atomic mass is 10.1. The Morgan fingerprint density at radius 2 is 1.90 bits per heavy atom. The van der Waals surface area contributed by atoms with Gasteiger partial charge < -0.3 is 0 Å². The zero-order valence-corrected chi connectivity index (χ0v) is 11.2. The molecular formula is C17H12FN3. The number of hydrogen-bond donors (Lipinski definition) is 0. The number of rotatable bonds is 3. The lowest BCUT2D eigenvalue weighted by Gasteiger charge is -2.03. The molecule has 0 aliphatic heterocycles. The summed E-state index contributed by atoms with van der Waals surface area (Å²) in [7, 11) is 0. The molecule has 0 saturated heterocycles. The van der Waals surface area contributed by atoms with Crippen LogP contribution in [0.5, 0.6) is 0 Å².